The van der Waals surface area contributed by atoms with Crippen LogP contribution in [0.2, 0.25) is 0 Å². The van der Waals surface area contributed by atoms with Gasteiger partial charge in [-0.05, 0) is 54.8 Å². The molecule has 1 unspecified atom stereocenters. The van der Waals surface area contributed by atoms with E-state index in [2.05, 4.69) is 6.92 Å². The Morgan fingerprint density at radius 1 is 1.08 bits per heavy atom. The molecule has 1 aliphatic heterocycles. The summed E-state index contributed by atoms with van der Waals surface area (Å²) in [5, 5.41) is 2.02. The van der Waals surface area contributed by atoms with Gasteiger partial charge in [0.15, 0.2) is 11.5 Å². The standard InChI is InChI=1S/C28H40N2O5S/c1-4-5-6-11-27(31)30(19-23-9-7-16-35-23)21-28(32)29(20-24-10-8-17-36-24)15-14-22-12-13-25(33-2)26(18-22)34-3/h8,10,12-13,17-18,23H,4-7,9,11,14-16,19-21H2,1-3H3. The van der Waals surface area contributed by atoms with Gasteiger partial charge in [0.25, 0.3) is 0 Å². The molecule has 0 aliphatic carbocycles. The van der Waals surface area contributed by atoms with Crippen LogP contribution in [0.1, 0.15) is 55.9 Å². The minimum Gasteiger partial charge on any atom is -0.493 e. The number of rotatable bonds is 15. The second kappa shape index (κ2) is 14.9. The van der Waals surface area contributed by atoms with E-state index in [0.717, 1.165) is 49.2 Å². The average Bonchev–Trinajstić information content (AvgIpc) is 3.60. The molecule has 1 aliphatic rings. The summed E-state index contributed by atoms with van der Waals surface area (Å²) >= 11 is 1.64. The van der Waals surface area contributed by atoms with E-state index in [4.69, 9.17) is 14.2 Å². The van der Waals surface area contributed by atoms with Crippen LogP contribution in [-0.2, 0) is 27.3 Å². The molecule has 1 saturated heterocycles. The summed E-state index contributed by atoms with van der Waals surface area (Å²) in [4.78, 5) is 31.4. The number of methoxy groups -OCH3 is 2. The molecule has 0 N–H and O–H groups in total. The third-order valence-electron chi connectivity index (χ3n) is 6.52. The molecule has 2 amide bonds. The zero-order valence-electron chi connectivity index (χ0n) is 21.9. The number of carbonyl (C=O) groups is 2. The second-order valence-electron chi connectivity index (χ2n) is 9.20. The van der Waals surface area contributed by atoms with Crippen molar-refractivity contribution in [3.63, 3.8) is 0 Å². The zero-order valence-corrected chi connectivity index (χ0v) is 22.7. The van der Waals surface area contributed by atoms with Gasteiger partial charge >= 0.3 is 0 Å². The van der Waals surface area contributed by atoms with Crippen LogP contribution in [0, 0.1) is 0 Å². The van der Waals surface area contributed by atoms with Crippen LogP contribution in [0.3, 0.4) is 0 Å². The molecule has 0 bridgehead atoms. The number of benzene rings is 1. The molecule has 36 heavy (non-hydrogen) atoms. The topological polar surface area (TPSA) is 68.3 Å². The van der Waals surface area contributed by atoms with E-state index >= 15 is 0 Å². The summed E-state index contributed by atoms with van der Waals surface area (Å²) in [5.74, 6) is 1.36. The third kappa shape index (κ3) is 8.52. The lowest BCUT2D eigenvalue weighted by Crippen LogP contribution is -2.45. The average molecular weight is 517 g/mol. The third-order valence-corrected chi connectivity index (χ3v) is 7.38. The van der Waals surface area contributed by atoms with Gasteiger partial charge in [-0.2, -0.15) is 0 Å². The van der Waals surface area contributed by atoms with Crippen molar-refractivity contribution in [1.29, 1.82) is 0 Å². The van der Waals surface area contributed by atoms with Crippen molar-refractivity contribution in [1.82, 2.24) is 9.80 Å². The zero-order chi connectivity index (χ0) is 25.8. The number of carbonyl (C=O) groups excluding carboxylic acids is 2. The van der Waals surface area contributed by atoms with Crippen molar-refractivity contribution < 1.29 is 23.8 Å². The first-order valence-corrected chi connectivity index (χ1v) is 13.8. The minimum atomic E-state index is -0.0364. The van der Waals surface area contributed by atoms with Crippen LogP contribution in [0.4, 0.5) is 0 Å². The maximum Gasteiger partial charge on any atom is 0.242 e. The lowest BCUT2D eigenvalue weighted by atomic mass is 10.1. The van der Waals surface area contributed by atoms with Gasteiger partial charge in [0.2, 0.25) is 11.8 Å². The Kier molecular flexibility index (Phi) is 11.6. The molecule has 3 rings (SSSR count). The first-order valence-electron chi connectivity index (χ1n) is 12.9. The molecule has 1 aromatic carbocycles. The van der Waals surface area contributed by atoms with Crippen molar-refractivity contribution in [3.05, 3.63) is 46.2 Å². The van der Waals surface area contributed by atoms with Crippen molar-refractivity contribution in [3.8, 4) is 11.5 Å². The highest BCUT2D eigenvalue weighted by molar-refractivity contribution is 7.09. The second-order valence-corrected chi connectivity index (χ2v) is 10.2. The summed E-state index contributed by atoms with van der Waals surface area (Å²) in [6.07, 6.45) is 6.04. The first-order chi connectivity index (χ1) is 17.5. The smallest absolute Gasteiger partial charge is 0.242 e. The van der Waals surface area contributed by atoms with E-state index < -0.39 is 0 Å². The van der Waals surface area contributed by atoms with E-state index in [1.165, 1.54) is 0 Å². The lowest BCUT2D eigenvalue weighted by Gasteiger charge is -2.29. The van der Waals surface area contributed by atoms with Gasteiger partial charge in [-0.15, -0.1) is 11.3 Å². The fourth-order valence-electron chi connectivity index (χ4n) is 4.42. The number of nitrogens with zero attached hydrogens (tertiary/aromatic N) is 2. The number of thiophene rings is 1. The highest BCUT2D eigenvalue weighted by Gasteiger charge is 2.26. The summed E-state index contributed by atoms with van der Waals surface area (Å²) in [6.45, 7) is 4.50. The van der Waals surface area contributed by atoms with Gasteiger partial charge in [0.1, 0.15) is 0 Å². The SMILES string of the molecule is CCCCCC(=O)N(CC(=O)N(CCc1ccc(OC)c(OC)c1)Cc1cccs1)CC1CCCO1. The molecule has 1 aromatic heterocycles. The van der Waals surface area contributed by atoms with Crippen molar-refractivity contribution in [2.45, 2.75) is 64.5 Å². The van der Waals surface area contributed by atoms with E-state index in [1.54, 1.807) is 30.5 Å². The Bertz CT molecular complexity index is 943. The Labute approximate surface area is 219 Å². The Hall–Kier alpha value is -2.58. The quantitative estimate of drug-likeness (QED) is 0.314. The van der Waals surface area contributed by atoms with Crippen LogP contribution in [0.25, 0.3) is 0 Å². The molecular formula is C28H40N2O5S. The fraction of sp³-hybridized carbons (Fsp3) is 0.571. The van der Waals surface area contributed by atoms with Gasteiger partial charge in [-0.1, -0.05) is 31.9 Å². The van der Waals surface area contributed by atoms with Crippen LogP contribution < -0.4 is 9.47 Å². The number of hydrogen-bond acceptors (Lipinski definition) is 6. The van der Waals surface area contributed by atoms with E-state index in [1.807, 2.05) is 40.6 Å². The molecule has 0 radical (unpaired) electrons. The van der Waals surface area contributed by atoms with Crippen LogP contribution in [-0.4, -0.2) is 68.2 Å². The lowest BCUT2D eigenvalue weighted by molar-refractivity contribution is -0.142. The number of hydrogen-bond donors (Lipinski definition) is 0. The molecule has 2 heterocycles. The normalized spacial score (nSPS) is 15.0. The van der Waals surface area contributed by atoms with Gasteiger partial charge in [0, 0.05) is 31.0 Å². The predicted molar refractivity (Wildman–Crippen MR) is 143 cm³/mol. The first kappa shape index (κ1) is 28.0. The largest absolute Gasteiger partial charge is 0.493 e. The summed E-state index contributed by atoms with van der Waals surface area (Å²) < 4.78 is 16.6. The fourth-order valence-corrected chi connectivity index (χ4v) is 5.14. The van der Waals surface area contributed by atoms with Crippen molar-refractivity contribution in [2.24, 2.45) is 0 Å². The van der Waals surface area contributed by atoms with Gasteiger partial charge < -0.3 is 24.0 Å². The molecule has 1 fully saturated rings. The molecular weight excluding hydrogens is 476 g/mol. The molecule has 0 saturated carbocycles. The molecule has 1 atom stereocenters. The Balaban J connectivity index is 1.70. The maximum atomic E-state index is 13.6. The molecule has 2 aromatic rings. The molecule has 198 valence electrons. The van der Waals surface area contributed by atoms with E-state index in [0.29, 0.717) is 44.0 Å². The maximum absolute atomic E-state index is 13.6. The molecule has 8 heteroatoms. The highest BCUT2D eigenvalue weighted by Crippen LogP contribution is 2.28. The highest BCUT2D eigenvalue weighted by atomic mass is 32.1. The summed E-state index contributed by atoms with van der Waals surface area (Å²) in [5.41, 5.74) is 1.06. The number of ether oxygens (including phenoxy) is 3. The Morgan fingerprint density at radius 2 is 1.92 bits per heavy atom. The van der Waals surface area contributed by atoms with Gasteiger partial charge in [0.05, 0.1) is 33.4 Å². The summed E-state index contributed by atoms with van der Waals surface area (Å²) in [7, 11) is 3.24. The van der Waals surface area contributed by atoms with E-state index in [9.17, 15) is 9.59 Å². The van der Waals surface area contributed by atoms with Gasteiger partial charge in [-0.25, -0.2) is 0 Å². The van der Waals surface area contributed by atoms with Crippen LogP contribution in [0.5, 0.6) is 11.5 Å². The number of unbranched alkanes of at least 4 members (excludes halogenated alkanes) is 2. The predicted octanol–water partition coefficient (Wildman–Crippen LogP) is 4.92. The van der Waals surface area contributed by atoms with Crippen molar-refractivity contribution in [2.75, 3.05) is 40.5 Å². The molecule has 0 spiro atoms. The molecule has 7 nitrogen and oxygen atoms in total. The van der Waals surface area contributed by atoms with Crippen LogP contribution >= 0.6 is 11.3 Å². The monoisotopic (exact) mass is 516 g/mol. The van der Waals surface area contributed by atoms with Crippen molar-refractivity contribution >= 4 is 23.2 Å². The number of amides is 2. The van der Waals surface area contributed by atoms with Gasteiger partial charge in [-0.3, -0.25) is 9.59 Å². The van der Waals surface area contributed by atoms with Crippen LogP contribution in [0.15, 0.2) is 35.7 Å². The van der Waals surface area contributed by atoms with E-state index in [-0.39, 0.29) is 24.5 Å². The minimum absolute atomic E-state index is 0.0189. The Morgan fingerprint density at radius 3 is 2.58 bits per heavy atom. The summed E-state index contributed by atoms with van der Waals surface area (Å²) in [6, 6.07) is 9.88.